The summed E-state index contributed by atoms with van der Waals surface area (Å²) in [5.41, 5.74) is 5.86. The molecule has 29 heavy (non-hydrogen) atoms. The number of nitrogens with two attached hydrogens (primary N) is 1. The van der Waals surface area contributed by atoms with Crippen molar-refractivity contribution in [1.29, 1.82) is 0 Å². The molecule has 0 amide bonds. The molecule has 1 aromatic carbocycles. The predicted octanol–water partition coefficient (Wildman–Crippen LogP) is 2.04. The van der Waals surface area contributed by atoms with Crippen molar-refractivity contribution >= 4 is 33.6 Å². The number of thiazole rings is 1. The van der Waals surface area contributed by atoms with Gasteiger partial charge in [0.25, 0.3) is 5.56 Å². The van der Waals surface area contributed by atoms with E-state index in [9.17, 15) is 14.4 Å². The van der Waals surface area contributed by atoms with Crippen LogP contribution in [0.15, 0.2) is 39.9 Å². The Balaban J connectivity index is 1.55. The summed E-state index contributed by atoms with van der Waals surface area (Å²) in [7, 11) is 0. The first-order chi connectivity index (χ1) is 14.0. The third-order valence-corrected chi connectivity index (χ3v) is 5.84. The number of ether oxygens (including phenoxy) is 2. The normalized spacial score (nSPS) is 20.0. The quantitative estimate of drug-likeness (QED) is 0.609. The third kappa shape index (κ3) is 3.68. The molecule has 9 nitrogen and oxygen atoms in total. The van der Waals surface area contributed by atoms with Crippen LogP contribution in [-0.4, -0.2) is 32.7 Å². The number of anilines is 1. The lowest BCUT2D eigenvalue weighted by Gasteiger charge is -2.23. The summed E-state index contributed by atoms with van der Waals surface area (Å²) in [4.78, 5) is 43.1. The van der Waals surface area contributed by atoms with Crippen LogP contribution in [0.2, 0.25) is 0 Å². The summed E-state index contributed by atoms with van der Waals surface area (Å²) >= 11 is 0.804. The number of carbonyl (C=O) groups excluding carboxylic acids is 1. The number of esters is 1. The van der Waals surface area contributed by atoms with E-state index in [1.165, 1.54) is 4.57 Å². The van der Waals surface area contributed by atoms with Crippen LogP contribution in [-0.2, 0) is 9.47 Å². The Bertz CT molecular complexity index is 1150. The fourth-order valence-corrected chi connectivity index (χ4v) is 4.37. The van der Waals surface area contributed by atoms with Crippen LogP contribution >= 0.6 is 11.3 Å². The largest absolute Gasteiger partial charge is 0.456 e. The van der Waals surface area contributed by atoms with E-state index in [0.717, 1.165) is 11.3 Å². The molecule has 152 valence electrons. The van der Waals surface area contributed by atoms with Crippen LogP contribution in [0, 0.1) is 0 Å². The highest BCUT2D eigenvalue weighted by atomic mass is 32.1. The molecule has 3 atom stereocenters. The number of fused-ring (bicyclic) bond motifs is 1. The molecule has 1 aliphatic heterocycles. The second-order valence-corrected chi connectivity index (χ2v) is 7.73. The number of hydrogen-bond donors (Lipinski definition) is 2. The van der Waals surface area contributed by atoms with Crippen molar-refractivity contribution in [3.8, 4) is 0 Å². The number of nitrogen functional groups attached to an aromatic ring is 1. The molecule has 4 rings (SSSR count). The van der Waals surface area contributed by atoms with E-state index >= 15 is 0 Å². The average molecular weight is 416 g/mol. The first-order valence-electron chi connectivity index (χ1n) is 9.30. The second kappa shape index (κ2) is 7.80. The fraction of sp³-hybridized carbons (Fsp3) is 0.368. The molecular formula is C19H20N4O5S. The van der Waals surface area contributed by atoms with Gasteiger partial charge in [-0.3, -0.25) is 19.1 Å². The second-order valence-electron chi connectivity index (χ2n) is 6.77. The summed E-state index contributed by atoms with van der Waals surface area (Å²) in [5, 5.41) is 0. The number of hydrogen-bond acceptors (Lipinski definition) is 8. The zero-order chi connectivity index (χ0) is 20.5. The monoisotopic (exact) mass is 416 g/mol. The molecule has 0 bridgehead atoms. The minimum atomic E-state index is -0.598. The van der Waals surface area contributed by atoms with E-state index in [-0.39, 0.29) is 27.3 Å². The molecule has 1 unspecified atom stereocenters. The molecule has 0 radical (unpaired) electrons. The van der Waals surface area contributed by atoms with E-state index in [2.05, 4.69) is 9.97 Å². The van der Waals surface area contributed by atoms with Crippen molar-refractivity contribution in [1.82, 2.24) is 14.5 Å². The summed E-state index contributed by atoms with van der Waals surface area (Å²) in [5.74, 6) is -0.476. The maximum atomic E-state index is 12.5. The van der Waals surface area contributed by atoms with Crippen molar-refractivity contribution in [3.05, 3.63) is 55.9 Å². The topological polar surface area (TPSA) is 129 Å². The Morgan fingerprint density at radius 2 is 2.14 bits per heavy atom. The molecule has 0 spiro atoms. The lowest BCUT2D eigenvalue weighted by Crippen LogP contribution is -2.31. The first-order valence-corrected chi connectivity index (χ1v) is 10.1. The number of carbonyl (C=O) groups is 1. The van der Waals surface area contributed by atoms with E-state index in [1.807, 2.05) is 13.0 Å². The smallest absolute Gasteiger partial charge is 0.338 e. The van der Waals surface area contributed by atoms with Gasteiger partial charge in [0.05, 0.1) is 11.7 Å². The first kappa shape index (κ1) is 19.3. The number of H-pyrrole nitrogens is 1. The Kier molecular flexibility index (Phi) is 5.20. The maximum Gasteiger partial charge on any atom is 0.338 e. The molecule has 3 heterocycles. The van der Waals surface area contributed by atoms with Gasteiger partial charge in [0.15, 0.2) is 5.65 Å². The Morgan fingerprint density at radius 3 is 2.86 bits per heavy atom. The van der Waals surface area contributed by atoms with E-state index in [0.29, 0.717) is 24.8 Å². The van der Waals surface area contributed by atoms with Gasteiger partial charge >= 0.3 is 10.8 Å². The number of benzene rings is 1. The highest BCUT2D eigenvalue weighted by Crippen LogP contribution is 2.33. The van der Waals surface area contributed by atoms with Crippen LogP contribution in [0.3, 0.4) is 0 Å². The number of nitrogens with one attached hydrogen (secondary N) is 1. The van der Waals surface area contributed by atoms with E-state index < -0.39 is 23.9 Å². The molecule has 2 aromatic heterocycles. The molecule has 10 heteroatoms. The summed E-state index contributed by atoms with van der Waals surface area (Å²) in [6.07, 6.45) is 0.297. The molecule has 1 aliphatic rings. The molecule has 0 saturated carbocycles. The van der Waals surface area contributed by atoms with Gasteiger partial charge in [-0.15, -0.1) is 0 Å². The Morgan fingerprint density at radius 1 is 1.38 bits per heavy atom. The number of nitrogens with zero attached hydrogens (tertiary/aromatic N) is 2. The Hall–Kier alpha value is -2.98. The standard InChI is InChI=1S/C19H20N4O5S/c1-2-11(28-17(25)10-6-4-3-5-7-10)12-8-9-13(27-12)23-15-14(29-19(23)26)16(24)22-18(20)21-15/h3-7,11-13H,2,8-9H2,1H3,(H3,20,21,22,24)/t11?,12-,13+/m0/s1. The van der Waals surface area contributed by atoms with Crippen LogP contribution in [0.25, 0.3) is 10.3 Å². The van der Waals surface area contributed by atoms with Gasteiger partial charge in [-0.25, -0.2) is 4.79 Å². The van der Waals surface area contributed by atoms with Crippen LogP contribution in [0.5, 0.6) is 0 Å². The SMILES string of the molecule is CCC(OC(=O)c1ccccc1)[C@@H]1CC[C@H](n2c(=O)sc3c(=O)[nH]c(N)nc32)O1. The van der Waals surface area contributed by atoms with Crippen molar-refractivity contribution in [2.75, 3.05) is 5.73 Å². The number of aromatic nitrogens is 3. The molecule has 0 aliphatic carbocycles. The number of aromatic amines is 1. The molecule has 1 fully saturated rings. The predicted molar refractivity (Wildman–Crippen MR) is 108 cm³/mol. The minimum absolute atomic E-state index is 0.0631. The van der Waals surface area contributed by atoms with Crippen LogP contribution < -0.4 is 16.2 Å². The fourth-order valence-electron chi connectivity index (χ4n) is 3.51. The highest BCUT2D eigenvalue weighted by Gasteiger charge is 2.36. The summed E-state index contributed by atoms with van der Waals surface area (Å²) in [6.45, 7) is 1.91. The zero-order valence-corrected chi connectivity index (χ0v) is 16.5. The van der Waals surface area contributed by atoms with Crippen molar-refractivity contribution in [3.63, 3.8) is 0 Å². The van der Waals surface area contributed by atoms with Crippen LogP contribution in [0.4, 0.5) is 5.95 Å². The Labute approximate surface area is 169 Å². The van der Waals surface area contributed by atoms with Gasteiger partial charge in [-0.1, -0.05) is 36.5 Å². The maximum absolute atomic E-state index is 12.5. The minimum Gasteiger partial charge on any atom is -0.456 e. The van der Waals surface area contributed by atoms with Gasteiger partial charge in [0.2, 0.25) is 5.95 Å². The van der Waals surface area contributed by atoms with Gasteiger partial charge in [0.1, 0.15) is 17.0 Å². The molecular weight excluding hydrogens is 396 g/mol. The van der Waals surface area contributed by atoms with Crippen LogP contribution in [0.1, 0.15) is 42.8 Å². The molecule has 3 aromatic rings. The zero-order valence-electron chi connectivity index (χ0n) is 15.7. The van der Waals surface area contributed by atoms with Crippen molar-refractivity contribution in [2.24, 2.45) is 0 Å². The van der Waals surface area contributed by atoms with Gasteiger partial charge in [-0.05, 0) is 31.4 Å². The lowest BCUT2D eigenvalue weighted by molar-refractivity contribution is -0.0691. The van der Waals surface area contributed by atoms with E-state index in [4.69, 9.17) is 15.2 Å². The molecule has 1 saturated heterocycles. The summed E-state index contributed by atoms with van der Waals surface area (Å²) in [6, 6.07) is 8.76. The van der Waals surface area contributed by atoms with Crippen molar-refractivity contribution in [2.45, 2.75) is 44.6 Å². The third-order valence-electron chi connectivity index (χ3n) is 4.89. The highest BCUT2D eigenvalue weighted by molar-refractivity contribution is 7.16. The summed E-state index contributed by atoms with van der Waals surface area (Å²) < 4.78 is 13.3. The molecule has 3 N–H and O–H groups in total. The van der Waals surface area contributed by atoms with Crippen molar-refractivity contribution < 1.29 is 14.3 Å². The van der Waals surface area contributed by atoms with E-state index in [1.54, 1.807) is 24.3 Å². The number of rotatable bonds is 5. The van der Waals surface area contributed by atoms with Gasteiger partial charge < -0.3 is 15.2 Å². The average Bonchev–Trinajstić information content (AvgIpc) is 3.30. The van der Waals surface area contributed by atoms with Gasteiger partial charge in [0, 0.05) is 0 Å². The lowest BCUT2D eigenvalue weighted by atomic mass is 10.1. The van der Waals surface area contributed by atoms with Gasteiger partial charge in [-0.2, -0.15) is 4.98 Å².